The highest BCUT2D eigenvalue weighted by atomic mass is 16.5. The second-order valence-electron chi connectivity index (χ2n) is 5.38. The fourth-order valence-corrected chi connectivity index (χ4v) is 2.81. The van der Waals surface area contributed by atoms with Crippen LogP contribution in [0.25, 0.3) is 11.0 Å². The number of para-hydroxylation sites is 1. The number of nitrogens with zero attached hydrogens (tertiary/aromatic N) is 3. The number of imidazole rings is 1. The number of carbonyl (C=O) groups is 1. The van der Waals surface area contributed by atoms with E-state index in [9.17, 15) is 4.79 Å². The van der Waals surface area contributed by atoms with Crippen molar-refractivity contribution in [3.8, 4) is 5.75 Å². The van der Waals surface area contributed by atoms with Crippen LogP contribution in [0.5, 0.6) is 5.75 Å². The number of ether oxygens (including phenoxy) is 1. The van der Waals surface area contributed by atoms with Crippen molar-refractivity contribution in [3.05, 3.63) is 18.2 Å². The second-order valence-corrected chi connectivity index (χ2v) is 5.38. The van der Waals surface area contributed by atoms with Crippen LogP contribution in [0, 0.1) is 0 Å². The van der Waals surface area contributed by atoms with Gasteiger partial charge in [-0.2, -0.15) is 0 Å². The minimum atomic E-state index is -0.263. The number of carbonyl (C=O) groups excluding carboxylic acids is 1. The Balaban J connectivity index is 2.08. The summed E-state index contributed by atoms with van der Waals surface area (Å²) in [6.45, 7) is 3.44. The monoisotopic (exact) mass is 288 g/mol. The lowest BCUT2D eigenvalue weighted by Crippen LogP contribution is -2.25. The number of amides is 1. The van der Waals surface area contributed by atoms with Crippen molar-refractivity contribution in [3.63, 3.8) is 0 Å². The van der Waals surface area contributed by atoms with Crippen molar-refractivity contribution in [1.82, 2.24) is 14.5 Å². The zero-order chi connectivity index (χ0) is 15.0. The maximum absolute atomic E-state index is 12.2. The zero-order valence-corrected chi connectivity index (χ0v) is 12.4. The fraction of sp³-hybridized carbons (Fsp3) is 0.467. The van der Waals surface area contributed by atoms with E-state index in [1.807, 2.05) is 29.8 Å². The van der Waals surface area contributed by atoms with E-state index in [0.29, 0.717) is 12.6 Å². The third-order valence-electron chi connectivity index (χ3n) is 3.88. The molecule has 0 saturated carbocycles. The lowest BCUT2D eigenvalue weighted by Gasteiger charge is -2.14. The van der Waals surface area contributed by atoms with Crippen LogP contribution in [-0.2, 0) is 4.79 Å². The molecule has 1 aliphatic rings. The van der Waals surface area contributed by atoms with Crippen LogP contribution < -0.4 is 10.5 Å². The van der Waals surface area contributed by atoms with Gasteiger partial charge in [0.2, 0.25) is 11.9 Å². The molecule has 112 valence electrons. The summed E-state index contributed by atoms with van der Waals surface area (Å²) in [5.74, 6) is 1.17. The molecule has 3 rings (SSSR count). The number of likely N-dealkylation sites (tertiary alicyclic amines) is 1. The van der Waals surface area contributed by atoms with Gasteiger partial charge in [0.1, 0.15) is 17.3 Å². The Morgan fingerprint density at radius 1 is 1.48 bits per heavy atom. The molecular weight excluding hydrogens is 268 g/mol. The molecule has 2 N–H and O–H groups in total. The summed E-state index contributed by atoms with van der Waals surface area (Å²) >= 11 is 0. The van der Waals surface area contributed by atoms with E-state index < -0.39 is 0 Å². The summed E-state index contributed by atoms with van der Waals surface area (Å²) in [6, 6.07) is 5.47. The number of likely N-dealkylation sites (N-methyl/N-ethyl adjacent to an activating group) is 1. The maximum Gasteiger partial charge on any atom is 0.245 e. The van der Waals surface area contributed by atoms with Crippen molar-refractivity contribution in [2.24, 2.45) is 0 Å². The van der Waals surface area contributed by atoms with Gasteiger partial charge in [0.25, 0.3) is 0 Å². The van der Waals surface area contributed by atoms with Crippen molar-refractivity contribution in [2.45, 2.75) is 25.8 Å². The minimum absolute atomic E-state index is 0.0841. The highest BCUT2D eigenvalue weighted by molar-refractivity contribution is 5.89. The van der Waals surface area contributed by atoms with Gasteiger partial charge in [-0.15, -0.1) is 0 Å². The zero-order valence-electron chi connectivity index (χ0n) is 12.4. The van der Waals surface area contributed by atoms with Gasteiger partial charge in [0, 0.05) is 13.6 Å². The predicted octanol–water partition coefficient (Wildman–Crippen LogP) is 1.81. The first-order chi connectivity index (χ1) is 10.1. The van der Waals surface area contributed by atoms with Crippen molar-refractivity contribution in [1.29, 1.82) is 0 Å². The van der Waals surface area contributed by atoms with Gasteiger partial charge in [-0.05, 0) is 25.0 Å². The standard InChI is InChI=1S/C15H20N4O2/c1-3-9-21-12-6-4-5-10-13(12)17-15(16)19(10)11-7-8-18(2)14(11)20/h4-6,11H,3,7-9H2,1-2H3,(H2,16,17). The second kappa shape index (κ2) is 5.27. The van der Waals surface area contributed by atoms with Crippen LogP contribution in [0.15, 0.2) is 18.2 Å². The molecule has 0 radical (unpaired) electrons. The Bertz CT molecular complexity index is 680. The smallest absolute Gasteiger partial charge is 0.245 e. The molecular formula is C15H20N4O2. The van der Waals surface area contributed by atoms with Crippen molar-refractivity contribution < 1.29 is 9.53 Å². The van der Waals surface area contributed by atoms with Crippen molar-refractivity contribution >= 4 is 22.9 Å². The highest BCUT2D eigenvalue weighted by Crippen LogP contribution is 2.33. The number of benzene rings is 1. The first kappa shape index (κ1) is 13.7. The number of hydrogen-bond donors (Lipinski definition) is 1. The van der Waals surface area contributed by atoms with Gasteiger partial charge in [0.05, 0.1) is 12.1 Å². The Morgan fingerprint density at radius 3 is 2.95 bits per heavy atom. The Labute approximate surface area is 123 Å². The lowest BCUT2D eigenvalue weighted by molar-refractivity contribution is -0.129. The van der Waals surface area contributed by atoms with Gasteiger partial charge in [-0.25, -0.2) is 4.98 Å². The fourth-order valence-electron chi connectivity index (χ4n) is 2.81. The summed E-state index contributed by atoms with van der Waals surface area (Å²) in [7, 11) is 1.81. The number of nitrogens with two attached hydrogens (primary N) is 1. The molecule has 1 amide bonds. The quantitative estimate of drug-likeness (QED) is 0.931. The normalized spacial score (nSPS) is 18.7. The third-order valence-corrected chi connectivity index (χ3v) is 3.88. The number of aromatic nitrogens is 2. The molecule has 0 bridgehead atoms. The van der Waals surface area contributed by atoms with Crippen molar-refractivity contribution in [2.75, 3.05) is 25.9 Å². The number of rotatable bonds is 4. The summed E-state index contributed by atoms with van der Waals surface area (Å²) in [5, 5.41) is 0. The molecule has 21 heavy (non-hydrogen) atoms. The van der Waals surface area contributed by atoms with Gasteiger partial charge in [0.15, 0.2) is 0 Å². The molecule has 2 heterocycles. The summed E-state index contributed by atoms with van der Waals surface area (Å²) < 4.78 is 7.55. The molecule has 6 nitrogen and oxygen atoms in total. The van der Waals surface area contributed by atoms with E-state index in [0.717, 1.165) is 36.2 Å². The molecule has 0 spiro atoms. The number of hydrogen-bond acceptors (Lipinski definition) is 4. The molecule has 1 aliphatic heterocycles. The van der Waals surface area contributed by atoms with Crippen LogP contribution in [0.1, 0.15) is 25.8 Å². The Hall–Kier alpha value is -2.24. The van der Waals surface area contributed by atoms with Crippen LogP contribution >= 0.6 is 0 Å². The van der Waals surface area contributed by atoms with Crippen LogP contribution in [0.3, 0.4) is 0 Å². The molecule has 1 saturated heterocycles. The first-order valence-electron chi connectivity index (χ1n) is 7.27. The van der Waals surface area contributed by atoms with E-state index in [4.69, 9.17) is 10.5 Å². The molecule has 1 aromatic heterocycles. The van der Waals surface area contributed by atoms with Gasteiger partial charge in [-0.3, -0.25) is 9.36 Å². The van der Waals surface area contributed by atoms with E-state index in [1.54, 1.807) is 4.90 Å². The van der Waals surface area contributed by atoms with Crippen LogP contribution in [0.4, 0.5) is 5.95 Å². The Kier molecular flexibility index (Phi) is 3.45. The molecule has 0 aliphatic carbocycles. The van der Waals surface area contributed by atoms with E-state index >= 15 is 0 Å². The van der Waals surface area contributed by atoms with Gasteiger partial charge < -0.3 is 15.4 Å². The number of anilines is 1. The number of fused-ring (bicyclic) bond motifs is 1. The largest absolute Gasteiger partial charge is 0.491 e. The summed E-state index contributed by atoms with van der Waals surface area (Å²) in [6.07, 6.45) is 1.68. The third kappa shape index (κ3) is 2.20. The van der Waals surface area contributed by atoms with E-state index in [1.165, 1.54) is 0 Å². The first-order valence-corrected chi connectivity index (χ1v) is 7.27. The molecule has 1 unspecified atom stereocenters. The minimum Gasteiger partial charge on any atom is -0.491 e. The predicted molar refractivity (Wildman–Crippen MR) is 81.2 cm³/mol. The van der Waals surface area contributed by atoms with Gasteiger partial charge >= 0.3 is 0 Å². The molecule has 1 aromatic carbocycles. The molecule has 1 fully saturated rings. The summed E-state index contributed by atoms with van der Waals surface area (Å²) in [5.41, 5.74) is 7.65. The molecule has 1 atom stereocenters. The summed E-state index contributed by atoms with van der Waals surface area (Å²) in [4.78, 5) is 18.4. The topological polar surface area (TPSA) is 73.4 Å². The average Bonchev–Trinajstić information content (AvgIpc) is 2.97. The Morgan fingerprint density at radius 2 is 2.29 bits per heavy atom. The van der Waals surface area contributed by atoms with Crippen LogP contribution in [0.2, 0.25) is 0 Å². The number of nitrogen functional groups attached to an aromatic ring is 1. The van der Waals surface area contributed by atoms with E-state index in [-0.39, 0.29) is 11.9 Å². The maximum atomic E-state index is 12.2. The molecule has 6 heteroatoms. The lowest BCUT2D eigenvalue weighted by atomic mass is 10.2. The molecule has 2 aromatic rings. The van der Waals surface area contributed by atoms with Crippen LogP contribution in [-0.4, -0.2) is 40.6 Å². The SMILES string of the molecule is CCCOc1cccc2c1nc(N)n2C1CCN(C)C1=O. The van der Waals surface area contributed by atoms with E-state index in [2.05, 4.69) is 11.9 Å². The average molecular weight is 288 g/mol. The highest BCUT2D eigenvalue weighted by Gasteiger charge is 2.33. The van der Waals surface area contributed by atoms with Gasteiger partial charge in [-0.1, -0.05) is 13.0 Å².